The number of carbonyl (C=O) groups excluding carboxylic acids is 1. The molecule has 1 rings (SSSR count). The second kappa shape index (κ2) is 8.51. The average molecular weight is 312 g/mol. The van der Waals surface area contributed by atoms with E-state index in [2.05, 4.69) is 5.32 Å². The van der Waals surface area contributed by atoms with Crippen LogP contribution in [0.1, 0.15) is 18.4 Å². The molecule has 1 amide bonds. The van der Waals surface area contributed by atoms with Gasteiger partial charge in [0.25, 0.3) is 5.56 Å². The zero-order valence-corrected chi connectivity index (χ0v) is 13.0. The first-order chi connectivity index (χ1) is 9.93. The van der Waals surface area contributed by atoms with Gasteiger partial charge in [-0.15, -0.1) is 0 Å². The topological polar surface area (TPSA) is 88.4 Å². The number of thioether (sulfide) groups is 1. The van der Waals surface area contributed by atoms with Crippen molar-refractivity contribution in [3.05, 3.63) is 34.2 Å². The highest BCUT2D eigenvalue weighted by Crippen LogP contribution is 2.02. The third-order valence-corrected chi connectivity index (χ3v) is 3.62. The lowest BCUT2D eigenvalue weighted by atomic mass is 10.2. The summed E-state index contributed by atoms with van der Waals surface area (Å²) in [4.78, 5) is 34.5. The maximum atomic E-state index is 11.8. The minimum Gasteiger partial charge on any atom is -0.480 e. The summed E-state index contributed by atoms with van der Waals surface area (Å²) in [6, 6.07) is 2.41. The summed E-state index contributed by atoms with van der Waals surface area (Å²) >= 11 is 1.53. The monoisotopic (exact) mass is 312 g/mol. The van der Waals surface area contributed by atoms with Crippen molar-refractivity contribution < 1.29 is 14.7 Å². The van der Waals surface area contributed by atoms with E-state index in [-0.39, 0.29) is 24.4 Å². The molecule has 0 radical (unpaired) electrons. The fourth-order valence-corrected chi connectivity index (χ4v) is 2.24. The van der Waals surface area contributed by atoms with Crippen molar-refractivity contribution in [2.24, 2.45) is 0 Å². The van der Waals surface area contributed by atoms with Crippen molar-refractivity contribution in [1.29, 1.82) is 0 Å². The van der Waals surface area contributed by atoms with E-state index in [1.54, 1.807) is 12.3 Å². The molecule has 116 valence electrons. The number of amides is 1. The summed E-state index contributed by atoms with van der Waals surface area (Å²) in [7, 11) is 0. The molecule has 1 atom stereocenters. The van der Waals surface area contributed by atoms with Crippen LogP contribution >= 0.6 is 11.8 Å². The summed E-state index contributed by atoms with van der Waals surface area (Å²) in [6.07, 6.45) is 3.97. The van der Waals surface area contributed by atoms with Crippen molar-refractivity contribution in [3.63, 3.8) is 0 Å². The zero-order valence-electron chi connectivity index (χ0n) is 12.2. The van der Waals surface area contributed by atoms with Gasteiger partial charge in [-0.05, 0) is 37.0 Å². The molecule has 1 unspecified atom stereocenters. The summed E-state index contributed by atoms with van der Waals surface area (Å²) < 4.78 is 1.43. The lowest BCUT2D eigenvalue weighted by Crippen LogP contribution is -2.41. The highest BCUT2D eigenvalue weighted by atomic mass is 32.2. The van der Waals surface area contributed by atoms with Gasteiger partial charge in [-0.2, -0.15) is 11.8 Å². The highest BCUT2D eigenvalue weighted by Gasteiger charge is 2.19. The maximum absolute atomic E-state index is 11.8. The van der Waals surface area contributed by atoms with Gasteiger partial charge in [-0.3, -0.25) is 9.59 Å². The number of rotatable bonds is 8. The smallest absolute Gasteiger partial charge is 0.326 e. The average Bonchev–Trinajstić information content (AvgIpc) is 2.42. The number of carboxylic acids is 1. The van der Waals surface area contributed by atoms with Crippen LogP contribution in [0, 0.1) is 6.92 Å². The van der Waals surface area contributed by atoms with E-state index in [0.29, 0.717) is 12.2 Å². The van der Waals surface area contributed by atoms with Crippen LogP contribution in [-0.2, 0) is 16.1 Å². The molecule has 6 nitrogen and oxygen atoms in total. The summed E-state index contributed by atoms with van der Waals surface area (Å²) in [5, 5.41) is 11.5. The molecule has 1 heterocycles. The lowest BCUT2D eigenvalue weighted by Gasteiger charge is -2.14. The summed E-state index contributed by atoms with van der Waals surface area (Å²) in [6.45, 7) is 2.06. The molecule has 0 saturated heterocycles. The Kier molecular flexibility index (Phi) is 7.01. The minimum absolute atomic E-state index is 0.0754. The molecule has 0 aliphatic carbocycles. The molecule has 0 saturated carbocycles. The largest absolute Gasteiger partial charge is 0.480 e. The Labute approximate surface area is 127 Å². The van der Waals surface area contributed by atoms with Crippen LogP contribution in [0.25, 0.3) is 0 Å². The minimum atomic E-state index is -1.04. The van der Waals surface area contributed by atoms with Crippen LogP contribution in [0.4, 0.5) is 0 Å². The van der Waals surface area contributed by atoms with E-state index in [1.165, 1.54) is 22.4 Å². The van der Waals surface area contributed by atoms with Gasteiger partial charge in [-0.25, -0.2) is 4.79 Å². The van der Waals surface area contributed by atoms with E-state index in [1.807, 2.05) is 13.2 Å². The first-order valence-corrected chi connectivity index (χ1v) is 8.01. The molecule has 0 spiro atoms. The highest BCUT2D eigenvalue weighted by molar-refractivity contribution is 7.98. The molecule has 7 heteroatoms. The normalized spacial score (nSPS) is 11.9. The fourth-order valence-electron chi connectivity index (χ4n) is 1.77. The fraction of sp³-hybridized carbons (Fsp3) is 0.500. The Balaban J connectivity index is 2.52. The number of carbonyl (C=O) groups is 2. The Morgan fingerprint density at radius 3 is 2.76 bits per heavy atom. The first kappa shape index (κ1) is 17.3. The van der Waals surface area contributed by atoms with Crippen LogP contribution in [0.15, 0.2) is 23.1 Å². The predicted molar refractivity (Wildman–Crippen MR) is 82.6 cm³/mol. The van der Waals surface area contributed by atoms with Crippen molar-refractivity contribution in [2.45, 2.75) is 32.4 Å². The van der Waals surface area contributed by atoms with E-state index in [0.717, 1.165) is 5.56 Å². The van der Waals surface area contributed by atoms with Crippen molar-refractivity contribution in [1.82, 2.24) is 9.88 Å². The van der Waals surface area contributed by atoms with Crippen molar-refractivity contribution in [2.75, 3.05) is 12.0 Å². The molecule has 0 aliphatic heterocycles. The molecule has 0 fully saturated rings. The van der Waals surface area contributed by atoms with E-state index in [9.17, 15) is 14.4 Å². The number of hydrogen-bond acceptors (Lipinski definition) is 4. The molecule has 0 bridgehead atoms. The quantitative estimate of drug-likeness (QED) is 0.743. The van der Waals surface area contributed by atoms with Crippen LogP contribution in [0.2, 0.25) is 0 Å². The molecule has 21 heavy (non-hydrogen) atoms. The van der Waals surface area contributed by atoms with Crippen molar-refractivity contribution in [3.8, 4) is 0 Å². The Morgan fingerprint density at radius 1 is 1.48 bits per heavy atom. The van der Waals surface area contributed by atoms with Gasteiger partial charge in [-0.1, -0.05) is 0 Å². The summed E-state index contributed by atoms with van der Waals surface area (Å²) in [5.74, 6) is -0.741. The van der Waals surface area contributed by atoms with Crippen molar-refractivity contribution >= 4 is 23.6 Å². The van der Waals surface area contributed by atoms with Gasteiger partial charge in [0.15, 0.2) is 0 Å². The standard InChI is InChI=1S/C14H20N2O4S/c1-10-3-6-16(13(18)9-10)7-4-12(17)15-11(14(19)20)5-8-21-2/h3,6,9,11H,4-5,7-8H2,1-2H3,(H,15,17)(H,19,20). The number of aromatic nitrogens is 1. The second-order valence-corrected chi connectivity index (χ2v) is 5.71. The molecular formula is C14H20N2O4S. The molecule has 0 aromatic carbocycles. The molecular weight excluding hydrogens is 292 g/mol. The SMILES string of the molecule is CSCCC(NC(=O)CCn1ccc(C)cc1=O)C(=O)O. The number of nitrogens with zero attached hydrogens (tertiary/aromatic N) is 1. The van der Waals surface area contributed by atoms with Gasteiger partial charge in [0.05, 0.1) is 0 Å². The maximum Gasteiger partial charge on any atom is 0.326 e. The Bertz CT molecular complexity index is 556. The second-order valence-electron chi connectivity index (χ2n) is 4.73. The van der Waals surface area contributed by atoms with Gasteiger partial charge in [0, 0.05) is 25.2 Å². The van der Waals surface area contributed by atoms with Gasteiger partial charge in [0.1, 0.15) is 6.04 Å². The number of carboxylic acid groups (broad SMARTS) is 1. The van der Waals surface area contributed by atoms with Gasteiger partial charge in [0.2, 0.25) is 5.91 Å². The van der Waals surface area contributed by atoms with Gasteiger partial charge >= 0.3 is 5.97 Å². The first-order valence-electron chi connectivity index (χ1n) is 6.62. The van der Waals surface area contributed by atoms with Crippen LogP contribution in [0.5, 0.6) is 0 Å². The summed E-state index contributed by atoms with van der Waals surface area (Å²) in [5.41, 5.74) is 0.698. The number of nitrogens with one attached hydrogen (secondary N) is 1. The number of pyridine rings is 1. The molecule has 0 aliphatic rings. The third-order valence-electron chi connectivity index (χ3n) is 2.98. The predicted octanol–water partition coefficient (Wildman–Crippen LogP) is 0.869. The van der Waals surface area contributed by atoms with Crippen LogP contribution < -0.4 is 10.9 Å². The van der Waals surface area contributed by atoms with E-state index >= 15 is 0 Å². The van der Waals surface area contributed by atoms with Gasteiger partial charge < -0.3 is 15.0 Å². The molecule has 2 N–H and O–H groups in total. The third kappa shape index (κ3) is 6.03. The number of aryl methyl sites for hydroxylation is 2. The van der Waals surface area contributed by atoms with Crippen LogP contribution in [0.3, 0.4) is 0 Å². The lowest BCUT2D eigenvalue weighted by molar-refractivity contribution is -0.141. The number of hydrogen-bond donors (Lipinski definition) is 2. The van der Waals surface area contributed by atoms with E-state index in [4.69, 9.17) is 5.11 Å². The molecule has 1 aromatic rings. The Morgan fingerprint density at radius 2 is 2.19 bits per heavy atom. The Hall–Kier alpha value is -1.76. The van der Waals surface area contributed by atoms with E-state index < -0.39 is 12.0 Å². The zero-order chi connectivity index (χ0) is 15.8. The number of aliphatic carboxylic acids is 1. The van der Waals surface area contributed by atoms with Crippen LogP contribution in [-0.4, -0.2) is 39.6 Å². The molecule has 1 aromatic heterocycles.